The Morgan fingerprint density at radius 2 is 1.06 bits per heavy atom. The van der Waals surface area contributed by atoms with E-state index in [-0.39, 0.29) is 12.2 Å². The van der Waals surface area contributed by atoms with Crippen molar-refractivity contribution in [3.63, 3.8) is 0 Å². The number of ether oxygens (including phenoxy) is 2. The maximum atomic E-state index is 12.5. The summed E-state index contributed by atoms with van der Waals surface area (Å²) in [7, 11) is 0. The molecule has 4 aliphatic rings. The highest BCUT2D eigenvalue weighted by Gasteiger charge is 2.37. The van der Waals surface area contributed by atoms with E-state index in [0.29, 0.717) is 5.92 Å². The first-order chi connectivity index (χ1) is 15.6. The molecule has 0 aromatic rings. The molecule has 3 saturated carbocycles. The Morgan fingerprint density at radius 3 is 1.47 bits per heavy atom. The molecule has 0 aromatic carbocycles. The topological polar surface area (TPSA) is 18.5 Å². The molecular weight excluding hydrogens is 406 g/mol. The van der Waals surface area contributed by atoms with Crippen molar-refractivity contribution in [3.05, 3.63) is 24.8 Å². The van der Waals surface area contributed by atoms with Crippen molar-refractivity contribution in [2.24, 2.45) is 41.4 Å². The largest absolute Gasteiger partial charge is 0.352 e. The fraction of sp³-hybridized carbons (Fsp3) is 0.857. The zero-order valence-electron chi connectivity index (χ0n) is 19.9. The van der Waals surface area contributed by atoms with Gasteiger partial charge in [-0.1, -0.05) is 6.08 Å². The van der Waals surface area contributed by atoms with Crippen molar-refractivity contribution in [2.75, 3.05) is 13.2 Å². The molecule has 182 valence electrons. The second-order valence-corrected chi connectivity index (χ2v) is 11.2. The van der Waals surface area contributed by atoms with Crippen LogP contribution in [0.1, 0.15) is 89.9 Å². The molecule has 0 spiro atoms. The van der Waals surface area contributed by atoms with E-state index in [0.717, 1.165) is 81.3 Å². The molecule has 4 rings (SSSR count). The molecule has 1 aliphatic heterocycles. The second kappa shape index (κ2) is 12.1. The summed E-state index contributed by atoms with van der Waals surface area (Å²) >= 11 is 0. The first-order valence-electron chi connectivity index (χ1n) is 13.5. The summed E-state index contributed by atoms with van der Waals surface area (Å²) in [5.41, 5.74) is 0. The SMILES string of the molecule is C=CCCC1OCC(C2CCC(C3CCC(C4CCC(C=C(F)F)CC4)CC3)CC2)CO1. The standard InChI is InChI=1S/C28H44F2O2/c1-2-3-4-28-31-18-26(19-32-28)25-15-13-24(14-16-25)23-11-9-22(10-12-23)21-7-5-20(6-8-21)17-27(29)30/h2,17,20-26,28H,1,3-16,18-19H2. The van der Waals surface area contributed by atoms with Gasteiger partial charge in [-0.2, -0.15) is 8.78 Å². The minimum Gasteiger partial charge on any atom is -0.352 e. The zero-order valence-corrected chi connectivity index (χ0v) is 19.9. The van der Waals surface area contributed by atoms with Gasteiger partial charge in [0.1, 0.15) is 0 Å². The van der Waals surface area contributed by atoms with Gasteiger partial charge < -0.3 is 9.47 Å². The van der Waals surface area contributed by atoms with Gasteiger partial charge in [0.25, 0.3) is 6.08 Å². The Hall–Kier alpha value is -0.740. The van der Waals surface area contributed by atoms with Gasteiger partial charge in [-0.3, -0.25) is 0 Å². The van der Waals surface area contributed by atoms with Crippen LogP contribution >= 0.6 is 0 Å². The average molecular weight is 451 g/mol. The van der Waals surface area contributed by atoms with Crippen molar-refractivity contribution in [3.8, 4) is 0 Å². The summed E-state index contributed by atoms with van der Waals surface area (Å²) < 4.78 is 37.0. The van der Waals surface area contributed by atoms with Crippen LogP contribution in [0.25, 0.3) is 0 Å². The molecule has 0 atom stereocenters. The van der Waals surface area contributed by atoms with E-state index in [2.05, 4.69) is 6.58 Å². The van der Waals surface area contributed by atoms with Crippen LogP contribution in [0.3, 0.4) is 0 Å². The summed E-state index contributed by atoms with van der Waals surface area (Å²) in [6.07, 6.45) is 18.8. The lowest BCUT2D eigenvalue weighted by molar-refractivity contribution is -0.212. The van der Waals surface area contributed by atoms with Gasteiger partial charge in [0.2, 0.25) is 0 Å². The Labute approximate surface area is 194 Å². The van der Waals surface area contributed by atoms with Crippen LogP contribution in [-0.2, 0) is 9.47 Å². The minimum atomic E-state index is -1.49. The predicted octanol–water partition coefficient (Wildman–Crippen LogP) is 8.14. The zero-order chi connectivity index (χ0) is 22.3. The third-order valence-electron chi connectivity index (χ3n) is 9.41. The molecule has 3 aliphatic carbocycles. The van der Waals surface area contributed by atoms with E-state index in [1.165, 1.54) is 57.4 Å². The van der Waals surface area contributed by atoms with Crippen LogP contribution in [0.4, 0.5) is 8.78 Å². The molecular formula is C28H44F2O2. The van der Waals surface area contributed by atoms with E-state index in [1.54, 1.807) is 0 Å². The van der Waals surface area contributed by atoms with E-state index in [4.69, 9.17) is 9.47 Å². The minimum absolute atomic E-state index is 0.0212. The quantitative estimate of drug-likeness (QED) is 0.364. The van der Waals surface area contributed by atoms with Crippen LogP contribution in [0, 0.1) is 41.4 Å². The highest BCUT2D eigenvalue weighted by Crippen LogP contribution is 2.47. The molecule has 0 bridgehead atoms. The van der Waals surface area contributed by atoms with Crippen LogP contribution in [0.2, 0.25) is 0 Å². The van der Waals surface area contributed by atoms with Crippen molar-refractivity contribution in [1.29, 1.82) is 0 Å². The van der Waals surface area contributed by atoms with Crippen LogP contribution < -0.4 is 0 Å². The second-order valence-electron chi connectivity index (χ2n) is 11.2. The molecule has 0 amide bonds. The lowest BCUT2D eigenvalue weighted by Gasteiger charge is -2.42. The molecule has 4 heteroatoms. The number of allylic oxidation sites excluding steroid dienone is 2. The Balaban J connectivity index is 1.13. The molecule has 32 heavy (non-hydrogen) atoms. The Bertz CT molecular complexity index is 585. The van der Waals surface area contributed by atoms with Gasteiger partial charge in [-0.05, 0) is 125 Å². The summed E-state index contributed by atoms with van der Waals surface area (Å²) in [6, 6.07) is 0. The van der Waals surface area contributed by atoms with Gasteiger partial charge >= 0.3 is 0 Å². The number of hydrogen-bond donors (Lipinski definition) is 0. The third-order valence-corrected chi connectivity index (χ3v) is 9.41. The summed E-state index contributed by atoms with van der Waals surface area (Å²) in [5.74, 6) is 4.99. The lowest BCUT2D eigenvalue weighted by atomic mass is 9.64. The van der Waals surface area contributed by atoms with Gasteiger partial charge in [0.05, 0.1) is 13.2 Å². The van der Waals surface area contributed by atoms with Crippen molar-refractivity contribution in [2.45, 2.75) is 96.2 Å². The van der Waals surface area contributed by atoms with Crippen LogP contribution in [-0.4, -0.2) is 19.5 Å². The van der Waals surface area contributed by atoms with E-state index in [1.807, 2.05) is 6.08 Å². The highest BCUT2D eigenvalue weighted by molar-refractivity contribution is 4.93. The van der Waals surface area contributed by atoms with E-state index < -0.39 is 6.08 Å². The molecule has 0 radical (unpaired) electrons. The predicted molar refractivity (Wildman–Crippen MR) is 125 cm³/mol. The maximum absolute atomic E-state index is 12.5. The highest BCUT2D eigenvalue weighted by atomic mass is 19.3. The van der Waals surface area contributed by atoms with Crippen LogP contribution in [0.5, 0.6) is 0 Å². The van der Waals surface area contributed by atoms with Gasteiger partial charge in [-0.25, -0.2) is 0 Å². The fourth-order valence-corrected chi connectivity index (χ4v) is 7.39. The van der Waals surface area contributed by atoms with Crippen LogP contribution in [0.15, 0.2) is 24.8 Å². The number of halogens is 2. The van der Waals surface area contributed by atoms with E-state index >= 15 is 0 Å². The Morgan fingerprint density at radius 1 is 0.656 bits per heavy atom. The third kappa shape index (κ3) is 6.65. The summed E-state index contributed by atoms with van der Waals surface area (Å²) in [6.45, 7) is 5.53. The molecule has 0 aromatic heterocycles. The first kappa shape index (κ1) is 24.4. The molecule has 4 fully saturated rings. The lowest BCUT2D eigenvalue weighted by Crippen LogP contribution is -2.38. The monoisotopic (exact) mass is 450 g/mol. The van der Waals surface area contributed by atoms with Gasteiger partial charge in [0, 0.05) is 12.3 Å². The smallest absolute Gasteiger partial charge is 0.266 e. The fourth-order valence-electron chi connectivity index (χ4n) is 7.39. The molecule has 1 heterocycles. The number of rotatable bonds is 7. The molecule has 1 saturated heterocycles. The Kier molecular flexibility index (Phi) is 9.23. The number of hydrogen-bond acceptors (Lipinski definition) is 2. The molecule has 0 N–H and O–H groups in total. The molecule has 2 nitrogen and oxygen atoms in total. The van der Waals surface area contributed by atoms with Gasteiger partial charge in [0.15, 0.2) is 6.29 Å². The van der Waals surface area contributed by atoms with Crippen molar-refractivity contribution < 1.29 is 18.3 Å². The van der Waals surface area contributed by atoms with E-state index in [9.17, 15) is 8.78 Å². The summed E-state index contributed by atoms with van der Waals surface area (Å²) in [4.78, 5) is 0. The first-order valence-corrected chi connectivity index (χ1v) is 13.5. The normalized spacial score (nSPS) is 41.1. The van der Waals surface area contributed by atoms with Gasteiger partial charge in [-0.15, -0.1) is 6.58 Å². The maximum Gasteiger partial charge on any atom is 0.266 e. The van der Waals surface area contributed by atoms with Crippen molar-refractivity contribution in [1.82, 2.24) is 0 Å². The average Bonchev–Trinajstić information content (AvgIpc) is 2.83. The van der Waals surface area contributed by atoms with Crippen molar-refractivity contribution >= 4 is 0 Å². The molecule has 0 unspecified atom stereocenters. The summed E-state index contributed by atoms with van der Waals surface area (Å²) in [5, 5.41) is 0.